The first-order valence-corrected chi connectivity index (χ1v) is 8.28. The van der Waals surface area contributed by atoms with Crippen LogP contribution in [-0.4, -0.2) is 39.0 Å². The minimum atomic E-state index is -0.496. The minimum Gasteiger partial charge on any atom is -0.340 e. The maximum absolute atomic E-state index is 12.9. The van der Waals surface area contributed by atoms with Gasteiger partial charge in [0.05, 0.1) is 4.92 Å². The highest BCUT2D eigenvalue weighted by Crippen LogP contribution is 2.27. The second-order valence-corrected chi connectivity index (χ2v) is 6.42. The van der Waals surface area contributed by atoms with Crippen molar-refractivity contribution in [2.45, 2.75) is 33.1 Å². The van der Waals surface area contributed by atoms with Crippen molar-refractivity contribution >= 4 is 11.6 Å². The zero-order valence-corrected chi connectivity index (χ0v) is 14.3. The Bertz CT molecular complexity index is 802. The first-order chi connectivity index (χ1) is 12.0. The van der Waals surface area contributed by atoms with Crippen LogP contribution in [0.2, 0.25) is 0 Å². The van der Waals surface area contributed by atoms with Gasteiger partial charge < -0.3 is 9.42 Å². The number of piperidine rings is 1. The molecule has 1 atom stereocenters. The molecule has 1 unspecified atom stereocenters. The summed E-state index contributed by atoms with van der Waals surface area (Å²) in [5, 5.41) is 15.2. The van der Waals surface area contributed by atoms with Crippen LogP contribution in [0.4, 0.5) is 5.69 Å². The summed E-state index contributed by atoms with van der Waals surface area (Å²) in [5.41, 5.74) is 0.666. The monoisotopic (exact) mass is 344 g/mol. The molecule has 25 heavy (non-hydrogen) atoms. The van der Waals surface area contributed by atoms with Crippen LogP contribution < -0.4 is 0 Å². The lowest BCUT2D eigenvalue weighted by atomic mass is 9.93. The van der Waals surface area contributed by atoms with Gasteiger partial charge in [0.15, 0.2) is 5.82 Å². The Kier molecular flexibility index (Phi) is 4.78. The first-order valence-electron chi connectivity index (χ1n) is 8.28. The van der Waals surface area contributed by atoms with Crippen LogP contribution >= 0.6 is 0 Å². The van der Waals surface area contributed by atoms with Gasteiger partial charge in [-0.15, -0.1) is 0 Å². The Balaban J connectivity index is 1.77. The van der Waals surface area contributed by atoms with Gasteiger partial charge in [0.25, 0.3) is 11.6 Å². The first kappa shape index (κ1) is 17.1. The van der Waals surface area contributed by atoms with Gasteiger partial charge in [-0.05, 0) is 31.2 Å². The molecule has 0 saturated carbocycles. The third-order valence-corrected chi connectivity index (χ3v) is 4.51. The number of hydrogen-bond acceptors (Lipinski definition) is 6. The zero-order chi connectivity index (χ0) is 18.0. The SMILES string of the molecule is Cc1nc(CC2CCCN(C(=O)c3c(C)cccc3[N+](=O)[O-])C2)no1. The van der Waals surface area contributed by atoms with Crippen molar-refractivity contribution in [2.75, 3.05) is 13.1 Å². The zero-order valence-electron chi connectivity index (χ0n) is 14.3. The summed E-state index contributed by atoms with van der Waals surface area (Å²) >= 11 is 0. The van der Waals surface area contributed by atoms with Crippen molar-refractivity contribution in [2.24, 2.45) is 5.92 Å². The maximum Gasteiger partial charge on any atom is 0.282 e. The second kappa shape index (κ2) is 7.00. The van der Waals surface area contributed by atoms with E-state index >= 15 is 0 Å². The molecule has 0 N–H and O–H groups in total. The van der Waals surface area contributed by atoms with Gasteiger partial charge in [-0.2, -0.15) is 4.98 Å². The average Bonchev–Trinajstić information content (AvgIpc) is 2.99. The van der Waals surface area contributed by atoms with Crippen LogP contribution in [0.3, 0.4) is 0 Å². The summed E-state index contributed by atoms with van der Waals surface area (Å²) in [7, 11) is 0. The smallest absolute Gasteiger partial charge is 0.282 e. The third-order valence-electron chi connectivity index (χ3n) is 4.51. The number of rotatable bonds is 4. The molecule has 2 aromatic rings. The molecule has 0 radical (unpaired) electrons. The van der Waals surface area contributed by atoms with Crippen LogP contribution in [0.25, 0.3) is 0 Å². The van der Waals surface area contributed by atoms with E-state index in [1.54, 1.807) is 30.9 Å². The average molecular weight is 344 g/mol. The van der Waals surface area contributed by atoms with Crippen LogP contribution in [0, 0.1) is 29.9 Å². The fourth-order valence-electron chi connectivity index (χ4n) is 3.34. The molecule has 0 spiro atoms. The number of carbonyl (C=O) groups is 1. The quantitative estimate of drug-likeness (QED) is 0.624. The Morgan fingerprint density at radius 3 is 2.92 bits per heavy atom. The molecule has 1 aromatic carbocycles. The molecule has 0 aliphatic carbocycles. The van der Waals surface area contributed by atoms with Crippen molar-refractivity contribution in [1.82, 2.24) is 15.0 Å². The van der Waals surface area contributed by atoms with E-state index in [9.17, 15) is 14.9 Å². The van der Waals surface area contributed by atoms with Gasteiger partial charge >= 0.3 is 0 Å². The maximum atomic E-state index is 12.9. The van der Waals surface area contributed by atoms with Gasteiger partial charge in [-0.25, -0.2) is 0 Å². The molecule has 1 aliphatic rings. The standard InChI is InChI=1S/C17H20N4O4/c1-11-5-3-7-14(21(23)24)16(11)17(22)20-8-4-6-13(10-20)9-15-18-12(2)25-19-15/h3,5,7,13H,4,6,8-10H2,1-2H3. The molecular formula is C17H20N4O4. The molecule has 1 aliphatic heterocycles. The predicted molar refractivity (Wildman–Crippen MR) is 89.2 cm³/mol. The summed E-state index contributed by atoms with van der Waals surface area (Å²) in [4.78, 5) is 29.6. The summed E-state index contributed by atoms with van der Waals surface area (Å²) in [6, 6.07) is 4.70. The van der Waals surface area contributed by atoms with Crippen LogP contribution in [0.5, 0.6) is 0 Å². The fourth-order valence-corrected chi connectivity index (χ4v) is 3.34. The molecule has 0 bridgehead atoms. The van der Waals surface area contributed by atoms with Gasteiger partial charge in [-0.3, -0.25) is 14.9 Å². The lowest BCUT2D eigenvalue weighted by Gasteiger charge is -2.32. The van der Waals surface area contributed by atoms with Gasteiger partial charge in [0.2, 0.25) is 5.89 Å². The van der Waals surface area contributed by atoms with Crippen molar-refractivity contribution in [3.63, 3.8) is 0 Å². The van der Waals surface area contributed by atoms with Gasteiger partial charge in [0.1, 0.15) is 5.56 Å². The summed E-state index contributed by atoms with van der Waals surface area (Å²) < 4.78 is 4.99. The van der Waals surface area contributed by atoms with Gasteiger partial charge in [0, 0.05) is 32.5 Å². The Morgan fingerprint density at radius 2 is 2.24 bits per heavy atom. The number of likely N-dealkylation sites (tertiary alicyclic amines) is 1. The van der Waals surface area contributed by atoms with E-state index in [1.807, 2.05) is 0 Å². The minimum absolute atomic E-state index is 0.138. The van der Waals surface area contributed by atoms with E-state index in [2.05, 4.69) is 10.1 Å². The van der Waals surface area contributed by atoms with E-state index in [1.165, 1.54) is 6.07 Å². The molecule has 2 heterocycles. The van der Waals surface area contributed by atoms with Crippen molar-refractivity contribution in [3.8, 4) is 0 Å². The van der Waals surface area contributed by atoms with Crippen LogP contribution in [0.15, 0.2) is 22.7 Å². The molecule has 3 rings (SSSR count). The highest BCUT2D eigenvalue weighted by Gasteiger charge is 2.30. The number of nitro benzene ring substituents is 1. The topological polar surface area (TPSA) is 102 Å². The Labute approximate surface area is 145 Å². The van der Waals surface area contributed by atoms with Crippen LogP contribution in [-0.2, 0) is 6.42 Å². The number of nitro groups is 1. The number of benzene rings is 1. The van der Waals surface area contributed by atoms with Gasteiger partial charge in [-0.1, -0.05) is 17.3 Å². The number of aromatic nitrogens is 2. The van der Waals surface area contributed by atoms with Crippen molar-refractivity contribution < 1.29 is 14.2 Å². The van der Waals surface area contributed by atoms with Crippen molar-refractivity contribution in [1.29, 1.82) is 0 Å². The fraction of sp³-hybridized carbons (Fsp3) is 0.471. The van der Waals surface area contributed by atoms with E-state index in [-0.39, 0.29) is 23.1 Å². The molecule has 1 fully saturated rings. The molecule has 1 saturated heterocycles. The van der Waals surface area contributed by atoms with E-state index in [0.717, 1.165) is 12.8 Å². The largest absolute Gasteiger partial charge is 0.340 e. The lowest BCUT2D eigenvalue weighted by Crippen LogP contribution is -2.41. The molecule has 1 amide bonds. The van der Waals surface area contributed by atoms with E-state index in [4.69, 9.17) is 4.52 Å². The van der Waals surface area contributed by atoms with Crippen molar-refractivity contribution in [3.05, 3.63) is 51.2 Å². The summed E-state index contributed by atoms with van der Waals surface area (Å²) in [6.07, 6.45) is 2.46. The second-order valence-electron chi connectivity index (χ2n) is 6.42. The predicted octanol–water partition coefficient (Wildman–Crippen LogP) is 2.69. The molecule has 1 aromatic heterocycles. The Hall–Kier alpha value is -2.77. The number of aryl methyl sites for hydroxylation is 2. The van der Waals surface area contributed by atoms with E-state index in [0.29, 0.717) is 36.8 Å². The highest BCUT2D eigenvalue weighted by molar-refractivity contribution is 5.99. The van der Waals surface area contributed by atoms with E-state index < -0.39 is 4.92 Å². The molecule has 8 nitrogen and oxygen atoms in total. The normalized spacial score (nSPS) is 17.5. The number of hydrogen-bond donors (Lipinski definition) is 0. The van der Waals surface area contributed by atoms with Crippen LogP contribution in [0.1, 0.15) is 40.5 Å². The number of carbonyl (C=O) groups excluding carboxylic acids is 1. The Morgan fingerprint density at radius 1 is 1.44 bits per heavy atom. The highest BCUT2D eigenvalue weighted by atomic mass is 16.6. The summed E-state index contributed by atoms with van der Waals surface area (Å²) in [5.74, 6) is 1.10. The number of amides is 1. The number of nitrogens with zero attached hydrogens (tertiary/aromatic N) is 4. The third kappa shape index (κ3) is 3.67. The molecular weight excluding hydrogens is 324 g/mol. The molecule has 8 heteroatoms. The summed E-state index contributed by atoms with van der Waals surface area (Å²) in [6.45, 7) is 4.61. The lowest BCUT2D eigenvalue weighted by molar-refractivity contribution is -0.385. The molecule has 132 valence electrons.